The summed E-state index contributed by atoms with van der Waals surface area (Å²) in [5.74, 6) is 0.353. The van der Waals surface area contributed by atoms with Gasteiger partial charge in [-0.2, -0.15) is 10.1 Å². The average Bonchev–Trinajstić information content (AvgIpc) is 2.77. The molecule has 0 bridgehead atoms. The van der Waals surface area contributed by atoms with E-state index in [1.54, 1.807) is 6.07 Å². The Labute approximate surface area is 189 Å². The first kappa shape index (κ1) is 22.2. The van der Waals surface area contributed by atoms with Crippen molar-refractivity contribution in [2.24, 2.45) is 5.10 Å². The molecule has 31 heavy (non-hydrogen) atoms. The molecule has 3 aromatic rings. The van der Waals surface area contributed by atoms with Gasteiger partial charge < -0.3 is 10.1 Å². The number of rotatable bonds is 9. The minimum Gasteiger partial charge on any atom is -0.467 e. The SMILES string of the molecule is Cc1cc(OCC(=O)NN=CC(Br)=Cc2ccccc2)nc(NCc2ccccc2)n1. The molecule has 0 unspecified atom stereocenters. The number of ether oxygens (including phenoxy) is 1. The van der Waals surface area contributed by atoms with Crippen LogP contribution in [-0.2, 0) is 11.3 Å². The van der Waals surface area contributed by atoms with Crippen LogP contribution in [0.3, 0.4) is 0 Å². The minimum absolute atomic E-state index is 0.216. The van der Waals surface area contributed by atoms with E-state index in [4.69, 9.17) is 4.74 Å². The molecule has 0 aliphatic carbocycles. The number of amides is 1. The van der Waals surface area contributed by atoms with E-state index >= 15 is 0 Å². The molecule has 1 amide bonds. The summed E-state index contributed by atoms with van der Waals surface area (Å²) >= 11 is 3.39. The predicted molar refractivity (Wildman–Crippen MR) is 126 cm³/mol. The number of aromatic nitrogens is 2. The Hall–Kier alpha value is -3.52. The molecule has 7 nitrogen and oxygen atoms in total. The second-order valence-electron chi connectivity index (χ2n) is 6.53. The topological polar surface area (TPSA) is 88.5 Å². The van der Waals surface area contributed by atoms with E-state index < -0.39 is 5.91 Å². The highest BCUT2D eigenvalue weighted by molar-refractivity contribution is 9.12. The van der Waals surface area contributed by atoms with Crippen LogP contribution < -0.4 is 15.5 Å². The Bertz CT molecular complexity index is 1060. The maximum Gasteiger partial charge on any atom is 0.278 e. The number of benzene rings is 2. The first-order chi connectivity index (χ1) is 15.1. The summed E-state index contributed by atoms with van der Waals surface area (Å²) in [6.45, 7) is 2.21. The molecular weight excluding hydrogens is 458 g/mol. The van der Waals surface area contributed by atoms with Gasteiger partial charge in [0.1, 0.15) is 0 Å². The van der Waals surface area contributed by atoms with Gasteiger partial charge in [0.25, 0.3) is 5.91 Å². The molecule has 2 aromatic carbocycles. The summed E-state index contributed by atoms with van der Waals surface area (Å²) in [4.78, 5) is 20.6. The standard InChI is InChI=1S/C23H22BrN5O2/c1-17-12-22(28-23(27-17)25-14-19-10-6-3-7-11-19)31-16-21(30)29-26-15-20(24)13-18-8-4-2-5-9-18/h2-13,15H,14,16H2,1H3,(H,29,30)(H,25,27,28). The van der Waals surface area contributed by atoms with Gasteiger partial charge in [0.15, 0.2) is 6.61 Å². The van der Waals surface area contributed by atoms with E-state index in [1.165, 1.54) is 6.21 Å². The Morgan fingerprint density at radius 2 is 1.81 bits per heavy atom. The van der Waals surface area contributed by atoms with E-state index in [1.807, 2.05) is 73.7 Å². The Kier molecular flexibility index (Phi) is 8.30. The van der Waals surface area contributed by atoms with Crippen LogP contribution in [0.4, 0.5) is 5.95 Å². The first-order valence-corrected chi connectivity index (χ1v) is 10.4. The fraction of sp³-hybridized carbons (Fsp3) is 0.130. The number of hydrogen-bond donors (Lipinski definition) is 2. The summed E-state index contributed by atoms with van der Waals surface area (Å²) in [7, 11) is 0. The fourth-order valence-electron chi connectivity index (χ4n) is 2.55. The highest BCUT2D eigenvalue weighted by atomic mass is 79.9. The van der Waals surface area contributed by atoms with Crippen molar-refractivity contribution in [3.8, 4) is 5.88 Å². The van der Waals surface area contributed by atoms with Crippen LogP contribution in [0.15, 0.2) is 76.3 Å². The molecule has 0 saturated heterocycles. The van der Waals surface area contributed by atoms with E-state index in [2.05, 4.69) is 41.7 Å². The molecule has 0 spiro atoms. The van der Waals surface area contributed by atoms with E-state index in [-0.39, 0.29) is 6.61 Å². The van der Waals surface area contributed by atoms with Crippen molar-refractivity contribution in [2.45, 2.75) is 13.5 Å². The molecular formula is C23H22BrN5O2. The van der Waals surface area contributed by atoms with Crippen LogP contribution in [0, 0.1) is 6.92 Å². The summed E-state index contributed by atoms with van der Waals surface area (Å²) in [6, 6.07) is 21.4. The number of nitrogens with zero attached hydrogens (tertiary/aromatic N) is 3. The number of anilines is 1. The summed E-state index contributed by atoms with van der Waals surface area (Å²) in [5, 5.41) is 7.07. The Morgan fingerprint density at radius 1 is 1.10 bits per heavy atom. The monoisotopic (exact) mass is 479 g/mol. The molecule has 0 aliphatic rings. The zero-order valence-electron chi connectivity index (χ0n) is 17.0. The van der Waals surface area contributed by atoms with Crippen molar-refractivity contribution >= 4 is 40.1 Å². The number of aryl methyl sites for hydroxylation is 1. The zero-order chi connectivity index (χ0) is 21.9. The van der Waals surface area contributed by atoms with Gasteiger partial charge in [-0.15, -0.1) is 0 Å². The van der Waals surface area contributed by atoms with Crippen LogP contribution in [0.5, 0.6) is 5.88 Å². The van der Waals surface area contributed by atoms with Crippen LogP contribution >= 0.6 is 15.9 Å². The lowest BCUT2D eigenvalue weighted by atomic mass is 10.2. The normalized spacial score (nSPS) is 11.4. The van der Waals surface area contributed by atoms with Crippen molar-refractivity contribution in [3.63, 3.8) is 0 Å². The number of carbonyl (C=O) groups is 1. The fourth-order valence-corrected chi connectivity index (χ4v) is 2.92. The second-order valence-corrected chi connectivity index (χ2v) is 7.45. The first-order valence-electron chi connectivity index (χ1n) is 9.59. The molecule has 0 aliphatic heterocycles. The number of hydrazone groups is 1. The van der Waals surface area contributed by atoms with Gasteiger partial charge in [-0.25, -0.2) is 10.4 Å². The lowest BCUT2D eigenvalue weighted by Gasteiger charge is -2.09. The van der Waals surface area contributed by atoms with E-state index in [9.17, 15) is 4.79 Å². The van der Waals surface area contributed by atoms with Gasteiger partial charge in [0.2, 0.25) is 11.8 Å². The summed E-state index contributed by atoms with van der Waals surface area (Å²) in [6.07, 6.45) is 3.39. The number of carbonyl (C=O) groups excluding carboxylic acids is 1. The third-order valence-corrected chi connectivity index (χ3v) is 4.39. The smallest absolute Gasteiger partial charge is 0.278 e. The number of nitrogens with one attached hydrogen (secondary N) is 2. The lowest BCUT2D eigenvalue weighted by Crippen LogP contribution is -2.25. The number of allylic oxidation sites excluding steroid dienone is 1. The second kappa shape index (κ2) is 11.6. The third-order valence-electron chi connectivity index (χ3n) is 3.96. The molecule has 0 atom stereocenters. The van der Waals surface area contributed by atoms with Crippen LogP contribution in [0.2, 0.25) is 0 Å². The van der Waals surface area contributed by atoms with E-state index in [0.717, 1.165) is 21.3 Å². The summed E-state index contributed by atoms with van der Waals surface area (Å²) in [5.41, 5.74) is 5.28. The van der Waals surface area contributed by atoms with Crippen molar-refractivity contribution in [1.29, 1.82) is 0 Å². The molecule has 2 N–H and O–H groups in total. The molecule has 1 heterocycles. The number of hydrogen-bond acceptors (Lipinski definition) is 6. The molecule has 1 aromatic heterocycles. The largest absolute Gasteiger partial charge is 0.467 e. The van der Waals surface area contributed by atoms with E-state index in [0.29, 0.717) is 18.4 Å². The highest BCUT2D eigenvalue weighted by Crippen LogP contribution is 2.13. The summed E-state index contributed by atoms with van der Waals surface area (Å²) < 4.78 is 6.21. The van der Waals surface area contributed by atoms with Crippen molar-refractivity contribution in [3.05, 3.63) is 88.0 Å². The average molecular weight is 480 g/mol. The Morgan fingerprint density at radius 3 is 2.55 bits per heavy atom. The zero-order valence-corrected chi connectivity index (χ0v) is 18.5. The Balaban J connectivity index is 1.48. The van der Waals surface area contributed by atoms with Gasteiger partial charge in [0.05, 0.1) is 6.21 Å². The molecule has 0 radical (unpaired) electrons. The quantitative estimate of drug-likeness (QED) is 0.352. The molecule has 0 fully saturated rings. The maximum atomic E-state index is 12.0. The van der Waals surface area contributed by atoms with Gasteiger partial charge in [-0.3, -0.25) is 4.79 Å². The van der Waals surface area contributed by atoms with Gasteiger partial charge in [0, 0.05) is 22.8 Å². The highest BCUT2D eigenvalue weighted by Gasteiger charge is 2.06. The minimum atomic E-state index is -0.397. The van der Waals surface area contributed by atoms with Crippen molar-refractivity contribution in [1.82, 2.24) is 15.4 Å². The molecule has 158 valence electrons. The molecule has 0 saturated carbocycles. The third kappa shape index (κ3) is 8.02. The molecule has 8 heteroatoms. The lowest BCUT2D eigenvalue weighted by molar-refractivity contribution is -0.123. The van der Waals surface area contributed by atoms with Crippen LogP contribution in [0.1, 0.15) is 16.8 Å². The van der Waals surface area contributed by atoms with Crippen LogP contribution in [0.25, 0.3) is 6.08 Å². The maximum absolute atomic E-state index is 12.0. The van der Waals surface area contributed by atoms with Crippen LogP contribution in [-0.4, -0.2) is 28.7 Å². The van der Waals surface area contributed by atoms with Gasteiger partial charge in [-0.1, -0.05) is 60.7 Å². The van der Waals surface area contributed by atoms with Crippen molar-refractivity contribution in [2.75, 3.05) is 11.9 Å². The van der Waals surface area contributed by atoms with Crippen molar-refractivity contribution < 1.29 is 9.53 Å². The van der Waals surface area contributed by atoms with Gasteiger partial charge in [-0.05, 0) is 40.1 Å². The predicted octanol–water partition coefficient (Wildman–Crippen LogP) is 4.31. The van der Waals surface area contributed by atoms with Gasteiger partial charge >= 0.3 is 0 Å². The number of halogens is 1. The molecule has 3 rings (SSSR count).